The molecule has 1 amide bonds. The van der Waals surface area contributed by atoms with E-state index in [-0.39, 0.29) is 18.1 Å². The van der Waals surface area contributed by atoms with Gasteiger partial charge in [-0.25, -0.2) is 4.79 Å². The van der Waals surface area contributed by atoms with E-state index in [0.29, 0.717) is 17.5 Å². The first-order chi connectivity index (χ1) is 13.8. The summed E-state index contributed by atoms with van der Waals surface area (Å²) in [6.45, 7) is 4.60. The Hall–Kier alpha value is -2.57. The first kappa shape index (κ1) is 21.1. The molecule has 0 bridgehead atoms. The largest absolute Gasteiger partial charge is 0.513 e. The normalized spacial score (nSPS) is 16.7. The Kier molecular flexibility index (Phi) is 6.45. The number of benzene rings is 2. The third-order valence-corrected chi connectivity index (χ3v) is 5.45. The molecule has 7 heteroatoms. The fourth-order valence-corrected chi connectivity index (χ4v) is 4.04. The molecule has 0 radical (unpaired) electrons. The quantitative estimate of drug-likeness (QED) is 0.604. The lowest BCUT2D eigenvalue weighted by molar-refractivity contribution is -0.120. The second-order valence-corrected chi connectivity index (χ2v) is 7.86. The number of para-hydroxylation sites is 1. The van der Waals surface area contributed by atoms with Crippen LogP contribution in [0.2, 0.25) is 5.02 Å². The molecule has 2 atom stereocenters. The number of rotatable bonds is 4. The molecule has 29 heavy (non-hydrogen) atoms. The van der Waals surface area contributed by atoms with Gasteiger partial charge in [0.05, 0.1) is 13.2 Å². The Balaban J connectivity index is 1.79. The van der Waals surface area contributed by atoms with Gasteiger partial charge in [0, 0.05) is 17.3 Å². The first-order valence-corrected chi connectivity index (χ1v) is 9.87. The third-order valence-electron chi connectivity index (χ3n) is 5.11. The van der Waals surface area contributed by atoms with Crippen molar-refractivity contribution in [1.82, 2.24) is 0 Å². The van der Waals surface area contributed by atoms with Crippen LogP contribution in [0.1, 0.15) is 23.6 Å². The van der Waals surface area contributed by atoms with Crippen molar-refractivity contribution < 1.29 is 19.1 Å². The Morgan fingerprint density at radius 1 is 1.31 bits per heavy atom. The highest BCUT2D eigenvalue weighted by Crippen LogP contribution is 2.31. The standard InChI is InChI=1S/C22H25ClN2O4/c1-13-8-15-6-4-5-7-20(15)25(12-13)21(26)19(24)11-17-14(2)9-16(10-18(17)23)29-22(27)28-3/h4-7,9-10,13,19H,8,11-12,24H2,1-3H3/t13?,19-/m0/s1. The van der Waals surface area contributed by atoms with Crippen molar-refractivity contribution >= 4 is 29.4 Å². The van der Waals surface area contributed by atoms with Gasteiger partial charge in [-0.2, -0.15) is 0 Å². The lowest BCUT2D eigenvalue weighted by Gasteiger charge is -2.34. The van der Waals surface area contributed by atoms with Crippen LogP contribution in [0.4, 0.5) is 10.5 Å². The Labute approximate surface area is 175 Å². The van der Waals surface area contributed by atoms with Crippen molar-refractivity contribution in [2.45, 2.75) is 32.7 Å². The summed E-state index contributed by atoms with van der Waals surface area (Å²) in [5.74, 6) is 0.511. The Morgan fingerprint density at radius 3 is 2.72 bits per heavy atom. The van der Waals surface area contributed by atoms with E-state index in [4.69, 9.17) is 22.1 Å². The van der Waals surface area contributed by atoms with Gasteiger partial charge in [0.25, 0.3) is 0 Å². The van der Waals surface area contributed by atoms with Crippen LogP contribution in [0, 0.1) is 12.8 Å². The van der Waals surface area contributed by atoms with E-state index in [1.165, 1.54) is 13.2 Å². The van der Waals surface area contributed by atoms with Gasteiger partial charge in [0.15, 0.2) is 0 Å². The van der Waals surface area contributed by atoms with Crippen molar-refractivity contribution in [2.75, 3.05) is 18.6 Å². The van der Waals surface area contributed by atoms with E-state index in [0.717, 1.165) is 28.8 Å². The maximum absolute atomic E-state index is 13.2. The van der Waals surface area contributed by atoms with Gasteiger partial charge < -0.3 is 20.1 Å². The molecule has 1 aliphatic rings. The van der Waals surface area contributed by atoms with Gasteiger partial charge in [-0.3, -0.25) is 4.79 Å². The van der Waals surface area contributed by atoms with Crippen molar-refractivity contribution in [3.05, 3.63) is 58.1 Å². The molecule has 2 aromatic carbocycles. The number of anilines is 1. The molecule has 0 saturated heterocycles. The summed E-state index contributed by atoms with van der Waals surface area (Å²) in [7, 11) is 1.23. The zero-order chi connectivity index (χ0) is 21.1. The number of amides is 1. The van der Waals surface area contributed by atoms with Gasteiger partial charge in [-0.15, -0.1) is 0 Å². The van der Waals surface area contributed by atoms with E-state index in [9.17, 15) is 9.59 Å². The Bertz CT molecular complexity index is 908. The van der Waals surface area contributed by atoms with E-state index < -0.39 is 12.2 Å². The number of carbonyl (C=O) groups is 2. The highest BCUT2D eigenvalue weighted by Gasteiger charge is 2.30. The number of aryl methyl sites for hydroxylation is 1. The predicted octanol–water partition coefficient (Wildman–Crippen LogP) is 3.89. The lowest BCUT2D eigenvalue weighted by atomic mass is 9.92. The molecular formula is C22H25ClN2O4. The van der Waals surface area contributed by atoms with E-state index in [2.05, 4.69) is 17.7 Å². The van der Waals surface area contributed by atoms with Gasteiger partial charge >= 0.3 is 6.16 Å². The van der Waals surface area contributed by atoms with Crippen LogP contribution in [0.3, 0.4) is 0 Å². The predicted molar refractivity (Wildman–Crippen MR) is 113 cm³/mol. The molecule has 2 N–H and O–H groups in total. The van der Waals surface area contributed by atoms with Crippen LogP contribution in [0.25, 0.3) is 0 Å². The average molecular weight is 417 g/mol. The smallest absolute Gasteiger partial charge is 0.437 e. The molecule has 0 aliphatic carbocycles. The number of carbonyl (C=O) groups excluding carboxylic acids is 2. The maximum atomic E-state index is 13.2. The van der Waals surface area contributed by atoms with Crippen LogP contribution in [-0.2, 0) is 22.4 Å². The molecule has 0 aromatic heterocycles. The van der Waals surface area contributed by atoms with Gasteiger partial charge in [-0.1, -0.05) is 36.7 Å². The summed E-state index contributed by atoms with van der Waals surface area (Å²) < 4.78 is 9.52. The minimum absolute atomic E-state index is 0.130. The fourth-order valence-electron chi connectivity index (χ4n) is 3.71. The van der Waals surface area contributed by atoms with Gasteiger partial charge in [0.1, 0.15) is 5.75 Å². The monoisotopic (exact) mass is 416 g/mol. The molecule has 154 valence electrons. The third kappa shape index (κ3) is 4.71. The van der Waals surface area contributed by atoms with Crippen molar-refractivity contribution in [3.8, 4) is 5.75 Å². The second kappa shape index (κ2) is 8.84. The summed E-state index contributed by atoms with van der Waals surface area (Å²) in [5, 5.41) is 0.388. The summed E-state index contributed by atoms with van der Waals surface area (Å²) >= 11 is 6.39. The molecule has 0 spiro atoms. The zero-order valence-corrected chi connectivity index (χ0v) is 17.5. The van der Waals surface area contributed by atoms with E-state index in [1.807, 2.05) is 25.1 Å². The average Bonchev–Trinajstić information content (AvgIpc) is 2.69. The second-order valence-electron chi connectivity index (χ2n) is 7.45. The summed E-state index contributed by atoms with van der Waals surface area (Å²) in [5.41, 5.74) is 9.93. The number of hydrogen-bond acceptors (Lipinski definition) is 5. The molecule has 0 saturated carbocycles. The SMILES string of the molecule is COC(=O)Oc1cc(C)c(C[C@H](N)C(=O)N2CC(C)Cc3ccccc32)c(Cl)c1. The Morgan fingerprint density at radius 2 is 2.03 bits per heavy atom. The van der Waals surface area contributed by atoms with Crippen LogP contribution in [0.15, 0.2) is 36.4 Å². The molecule has 3 rings (SSSR count). The highest BCUT2D eigenvalue weighted by molar-refractivity contribution is 6.31. The maximum Gasteiger partial charge on any atom is 0.513 e. The minimum atomic E-state index is -0.821. The zero-order valence-electron chi connectivity index (χ0n) is 16.8. The van der Waals surface area contributed by atoms with Crippen molar-refractivity contribution in [1.29, 1.82) is 0 Å². The molecule has 1 heterocycles. The summed E-state index contributed by atoms with van der Waals surface area (Å²) in [4.78, 5) is 26.2. The molecule has 0 fully saturated rings. The molecule has 6 nitrogen and oxygen atoms in total. The summed E-state index contributed by atoms with van der Waals surface area (Å²) in [6, 6.07) is 10.4. The topological polar surface area (TPSA) is 81.9 Å². The molecular weight excluding hydrogens is 392 g/mol. The number of nitrogens with two attached hydrogens (primary N) is 1. The van der Waals surface area contributed by atoms with E-state index in [1.54, 1.807) is 11.0 Å². The number of nitrogens with zero attached hydrogens (tertiary/aromatic N) is 1. The highest BCUT2D eigenvalue weighted by atomic mass is 35.5. The number of methoxy groups -OCH3 is 1. The summed E-state index contributed by atoms with van der Waals surface area (Å²) in [6.07, 6.45) is 0.412. The van der Waals surface area contributed by atoms with Crippen LogP contribution < -0.4 is 15.4 Å². The van der Waals surface area contributed by atoms with Crippen LogP contribution >= 0.6 is 11.6 Å². The van der Waals surface area contributed by atoms with Gasteiger partial charge in [0.2, 0.25) is 5.91 Å². The van der Waals surface area contributed by atoms with E-state index >= 15 is 0 Å². The number of ether oxygens (including phenoxy) is 2. The molecule has 1 unspecified atom stereocenters. The lowest BCUT2D eigenvalue weighted by Crippen LogP contribution is -2.48. The van der Waals surface area contributed by atoms with Crippen molar-refractivity contribution in [2.24, 2.45) is 11.7 Å². The van der Waals surface area contributed by atoms with Crippen molar-refractivity contribution in [3.63, 3.8) is 0 Å². The number of halogens is 1. The van der Waals surface area contributed by atoms with Crippen LogP contribution in [0.5, 0.6) is 5.75 Å². The fraction of sp³-hybridized carbons (Fsp3) is 0.364. The number of fused-ring (bicyclic) bond motifs is 1. The number of hydrogen-bond donors (Lipinski definition) is 1. The first-order valence-electron chi connectivity index (χ1n) is 9.49. The minimum Gasteiger partial charge on any atom is -0.437 e. The molecule has 1 aliphatic heterocycles. The molecule has 2 aromatic rings. The van der Waals surface area contributed by atoms with Crippen LogP contribution in [-0.4, -0.2) is 31.8 Å². The van der Waals surface area contributed by atoms with Gasteiger partial charge in [-0.05, 0) is 60.6 Å².